The van der Waals surface area contributed by atoms with Gasteiger partial charge in [0.2, 0.25) is 0 Å². The number of aryl methyl sites for hydroxylation is 1. The van der Waals surface area contributed by atoms with Crippen LogP contribution in [0.5, 0.6) is 0 Å². The van der Waals surface area contributed by atoms with Crippen molar-refractivity contribution in [3.63, 3.8) is 0 Å². The molecular formula is C17H22FN3O. The Kier molecular flexibility index (Phi) is 4.55. The summed E-state index contributed by atoms with van der Waals surface area (Å²) in [7, 11) is 1.94. The number of aliphatic hydroxyl groups is 1. The maximum absolute atomic E-state index is 13.2. The fourth-order valence-electron chi connectivity index (χ4n) is 3.16. The fraction of sp³-hybridized carbons (Fsp3) is 0.471. The highest BCUT2D eigenvalue weighted by Crippen LogP contribution is 2.28. The van der Waals surface area contributed by atoms with Gasteiger partial charge in [-0.05, 0) is 55.1 Å². The average molecular weight is 303 g/mol. The van der Waals surface area contributed by atoms with Gasteiger partial charge in [0.1, 0.15) is 5.82 Å². The number of hydrogen-bond donors (Lipinski definition) is 1. The van der Waals surface area contributed by atoms with Gasteiger partial charge >= 0.3 is 0 Å². The number of likely N-dealkylation sites (tertiary alicyclic amines) is 1. The predicted molar refractivity (Wildman–Crippen MR) is 83.0 cm³/mol. The standard InChI is InChI=1S/C17H22FN3O/c1-20-11-15(10-19-20)13-5-7-21(8-6-13)12-17(22)14-3-2-4-16(18)9-14/h2-4,9-11,13,17,22H,5-8,12H2,1H3/t17-/m0/s1. The summed E-state index contributed by atoms with van der Waals surface area (Å²) in [5, 5.41) is 14.5. The molecule has 1 aromatic carbocycles. The molecule has 0 radical (unpaired) electrons. The quantitative estimate of drug-likeness (QED) is 0.943. The van der Waals surface area contributed by atoms with E-state index in [1.807, 2.05) is 17.9 Å². The van der Waals surface area contributed by atoms with Crippen molar-refractivity contribution in [2.24, 2.45) is 7.05 Å². The lowest BCUT2D eigenvalue weighted by Crippen LogP contribution is -2.36. The van der Waals surface area contributed by atoms with Crippen molar-refractivity contribution in [2.75, 3.05) is 19.6 Å². The summed E-state index contributed by atoms with van der Waals surface area (Å²) in [6.07, 6.45) is 5.54. The molecule has 1 saturated heterocycles. The van der Waals surface area contributed by atoms with Gasteiger partial charge in [-0.25, -0.2) is 4.39 Å². The molecule has 0 bridgehead atoms. The molecule has 1 fully saturated rings. The van der Waals surface area contributed by atoms with Gasteiger partial charge < -0.3 is 10.0 Å². The first-order valence-electron chi connectivity index (χ1n) is 7.76. The van der Waals surface area contributed by atoms with Gasteiger partial charge in [-0.3, -0.25) is 4.68 Å². The molecule has 1 aliphatic heterocycles. The Balaban J connectivity index is 1.53. The Morgan fingerprint density at radius 1 is 1.36 bits per heavy atom. The highest BCUT2D eigenvalue weighted by Gasteiger charge is 2.23. The summed E-state index contributed by atoms with van der Waals surface area (Å²) in [6, 6.07) is 6.22. The first kappa shape index (κ1) is 15.2. The lowest BCUT2D eigenvalue weighted by atomic mass is 9.91. The van der Waals surface area contributed by atoms with E-state index in [2.05, 4.69) is 16.2 Å². The molecule has 1 N–H and O–H groups in total. The number of hydrogen-bond acceptors (Lipinski definition) is 3. The van der Waals surface area contributed by atoms with Crippen LogP contribution in [0.2, 0.25) is 0 Å². The van der Waals surface area contributed by atoms with E-state index in [-0.39, 0.29) is 5.82 Å². The molecular weight excluding hydrogens is 281 g/mol. The number of piperidine rings is 1. The first-order valence-corrected chi connectivity index (χ1v) is 7.76. The van der Waals surface area contributed by atoms with Gasteiger partial charge in [0.15, 0.2) is 0 Å². The molecule has 0 amide bonds. The van der Waals surface area contributed by atoms with E-state index >= 15 is 0 Å². The fourth-order valence-corrected chi connectivity index (χ4v) is 3.16. The number of benzene rings is 1. The molecule has 22 heavy (non-hydrogen) atoms. The maximum Gasteiger partial charge on any atom is 0.123 e. The van der Waals surface area contributed by atoms with Crippen molar-refractivity contribution in [1.82, 2.24) is 14.7 Å². The first-order chi connectivity index (χ1) is 10.6. The van der Waals surface area contributed by atoms with Crippen LogP contribution < -0.4 is 0 Å². The molecule has 1 aromatic heterocycles. The number of aliphatic hydroxyl groups excluding tert-OH is 1. The number of halogens is 1. The van der Waals surface area contributed by atoms with E-state index in [4.69, 9.17) is 0 Å². The second kappa shape index (κ2) is 6.58. The summed E-state index contributed by atoms with van der Waals surface area (Å²) in [5.41, 5.74) is 1.95. The maximum atomic E-state index is 13.2. The molecule has 0 unspecified atom stereocenters. The summed E-state index contributed by atoms with van der Waals surface area (Å²) >= 11 is 0. The van der Waals surface area contributed by atoms with Crippen LogP contribution in [0.25, 0.3) is 0 Å². The highest BCUT2D eigenvalue weighted by atomic mass is 19.1. The molecule has 1 aliphatic rings. The van der Waals surface area contributed by atoms with Gasteiger partial charge in [-0.1, -0.05) is 12.1 Å². The van der Waals surface area contributed by atoms with Crippen molar-refractivity contribution >= 4 is 0 Å². The van der Waals surface area contributed by atoms with E-state index in [1.54, 1.807) is 12.1 Å². The monoisotopic (exact) mass is 303 g/mol. The zero-order valence-electron chi connectivity index (χ0n) is 12.8. The molecule has 3 rings (SSSR count). The second-order valence-corrected chi connectivity index (χ2v) is 6.09. The lowest BCUT2D eigenvalue weighted by Gasteiger charge is -2.32. The Morgan fingerprint density at radius 2 is 2.14 bits per heavy atom. The number of β-amino-alcohol motifs (C(OH)–C–C–N with tert-alkyl or cyclic N) is 1. The van der Waals surface area contributed by atoms with Crippen LogP contribution in [-0.4, -0.2) is 39.4 Å². The highest BCUT2D eigenvalue weighted by molar-refractivity contribution is 5.19. The predicted octanol–water partition coefficient (Wildman–Crippen LogP) is 2.47. The lowest BCUT2D eigenvalue weighted by molar-refractivity contribution is 0.0970. The van der Waals surface area contributed by atoms with Crippen LogP contribution in [0, 0.1) is 5.82 Å². The summed E-state index contributed by atoms with van der Waals surface area (Å²) in [5.74, 6) is 0.253. The third kappa shape index (κ3) is 3.54. The molecule has 1 atom stereocenters. The van der Waals surface area contributed by atoms with Crippen molar-refractivity contribution in [1.29, 1.82) is 0 Å². The van der Waals surface area contributed by atoms with E-state index < -0.39 is 6.10 Å². The second-order valence-electron chi connectivity index (χ2n) is 6.09. The topological polar surface area (TPSA) is 41.3 Å². The van der Waals surface area contributed by atoms with E-state index in [0.29, 0.717) is 18.0 Å². The van der Waals surface area contributed by atoms with Gasteiger partial charge in [0, 0.05) is 19.8 Å². The molecule has 5 heteroatoms. The average Bonchev–Trinajstić information content (AvgIpc) is 2.94. The molecule has 118 valence electrons. The summed E-state index contributed by atoms with van der Waals surface area (Å²) < 4.78 is 15.1. The smallest absolute Gasteiger partial charge is 0.123 e. The van der Waals surface area contributed by atoms with E-state index in [9.17, 15) is 9.50 Å². The zero-order chi connectivity index (χ0) is 15.5. The van der Waals surface area contributed by atoms with Crippen LogP contribution >= 0.6 is 0 Å². The Morgan fingerprint density at radius 3 is 2.77 bits per heavy atom. The Labute approximate surface area is 130 Å². The summed E-state index contributed by atoms with van der Waals surface area (Å²) in [4.78, 5) is 2.25. The van der Waals surface area contributed by atoms with Gasteiger partial charge in [0.25, 0.3) is 0 Å². The summed E-state index contributed by atoms with van der Waals surface area (Å²) in [6.45, 7) is 2.46. The minimum atomic E-state index is -0.634. The van der Waals surface area contributed by atoms with Crippen LogP contribution in [0.15, 0.2) is 36.7 Å². The molecule has 0 spiro atoms. The van der Waals surface area contributed by atoms with Crippen LogP contribution in [0.1, 0.15) is 36.0 Å². The normalized spacial score (nSPS) is 18.5. The molecule has 0 aliphatic carbocycles. The van der Waals surface area contributed by atoms with Crippen molar-refractivity contribution in [2.45, 2.75) is 24.9 Å². The van der Waals surface area contributed by atoms with Crippen molar-refractivity contribution < 1.29 is 9.50 Å². The van der Waals surface area contributed by atoms with Crippen molar-refractivity contribution in [3.8, 4) is 0 Å². The van der Waals surface area contributed by atoms with E-state index in [0.717, 1.165) is 25.9 Å². The Hall–Kier alpha value is -1.72. The van der Waals surface area contributed by atoms with Gasteiger partial charge in [-0.2, -0.15) is 5.10 Å². The Bertz CT molecular complexity index is 620. The minimum Gasteiger partial charge on any atom is -0.387 e. The van der Waals surface area contributed by atoms with Gasteiger partial charge in [-0.15, -0.1) is 0 Å². The third-order valence-corrected chi connectivity index (χ3v) is 4.45. The minimum absolute atomic E-state index is 0.299. The largest absolute Gasteiger partial charge is 0.387 e. The van der Waals surface area contributed by atoms with Crippen molar-refractivity contribution in [3.05, 3.63) is 53.6 Å². The molecule has 2 heterocycles. The molecule has 2 aromatic rings. The van der Waals surface area contributed by atoms with Crippen LogP contribution in [0.4, 0.5) is 4.39 Å². The number of nitrogens with zero attached hydrogens (tertiary/aromatic N) is 3. The van der Waals surface area contributed by atoms with E-state index in [1.165, 1.54) is 17.7 Å². The van der Waals surface area contributed by atoms with Crippen LogP contribution in [0.3, 0.4) is 0 Å². The molecule has 4 nitrogen and oxygen atoms in total. The number of aromatic nitrogens is 2. The molecule has 0 saturated carbocycles. The SMILES string of the molecule is Cn1cc(C2CCN(C[C@H](O)c3cccc(F)c3)CC2)cn1. The zero-order valence-corrected chi connectivity index (χ0v) is 12.8. The third-order valence-electron chi connectivity index (χ3n) is 4.45. The number of rotatable bonds is 4. The van der Waals surface area contributed by atoms with Crippen LogP contribution in [-0.2, 0) is 7.05 Å². The van der Waals surface area contributed by atoms with Gasteiger partial charge in [0.05, 0.1) is 12.3 Å².